The number of carbonyl (C=O) groups excluding carboxylic acids is 1. The fraction of sp³-hybridized carbons (Fsp3) is 0.182. The second-order valence-corrected chi connectivity index (χ2v) is 9.18. The number of pyridine rings is 1. The minimum atomic E-state index is -4.08. The molecule has 1 aliphatic rings. The molecule has 2 aromatic heterocycles. The number of hydrogen-bond donors (Lipinski definition) is 2. The average Bonchev–Trinajstić information content (AvgIpc) is 3.17. The number of primary amides is 1. The highest BCUT2D eigenvalue weighted by Gasteiger charge is 2.35. The van der Waals surface area contributed by atoms with E-state index in [0.29, 0.717) is 16.6 Å². The molecule has 1 amide bonds. The molecule has 9 heteroatoms. The zero-order valence-electron chi connectivity index (χ0n) is 16.5. The molecule has 0 saturated carbocycles. The van der Waals surface area contributed by atoms with Gasteiger partial charge in [-0.05, 0) is 6.07 Å². The van der Waals surface area contributed by atoms with E-state index in [4.69, 9.17) is 15.5 Å². The first-order valence-corrected chi connectivity index (χ1v) is 11.3. The van der Waals surface area contributed by atoms with Gasteiger partial charge in [-0.25, -0.2) is 13.4 Å². The van der Waals surface area contributed by atoms with Crippen LogP contribution in [0.2, 0.25) is 0 Å². The van der Waals surface area contributed by atoms with Crippen molar-refractivity contribution < 1.29 is 17.9 Å². The standard InChI is InChI=1S/C22H20N4O4S/c23-22(27)17-20-19(15-8-4-5-9-16(15)24-20)25-18(14-6-2-1-3-7-14)21(17)31(28,29)26-10-12-30-13-11-26/h1-9,24H,10-13H2,(H2,23,27). The molecular formula is C22H20N4O4S. The largest absolute Gasteiger partial charge is 0.379 e. The highest BCUT2D eigenvalue weighted by molar-refractivity contribution is 7.89. The molecular weight excluding hydrogens is 416 g/mol. The molecule has 8 nitrogen and oxygen atoms in total. The zero-order valence-corrected chi connectivity index (χ0v) is 17.4. The van der Waals surface area contributed by atoms with Crippen molar-refractivity contribution in [3.05, 3.63) is 60.2 Å². The molecule has 5 rings (SSSR count). The molecule has 1 saturated heterocycles. The highest BCUT2D eigenvalue weighted by atomic mass is 32.2. The van der Waals surface area contributed by atoms with E-state index in [1.54, 1.807) is 24.3 Å². The molecule has 0 unspecified atom stereocenters. The van der Waals surface area contributed by atoms with Gasteiger partial charge < -0.3 is 15.5 Å². The lowest BCUT2D eigenvalue weighted by atomic mass is 10.1. The third kappa shape index (κ3) is 3.18. The topological polar surface area (TPSA) is 118 Å². The predicted octanol–water partition coefficient (Wildman–Crippen LogP) is 2.50. The summed E-state index contributed by atoms with van der Waals surface area (Å²) in [7, 11) is -4.08. The normalized spacial score (nSPS) is 15.5. The number of nitrogens with two attached hydrogens (primary N) is 1. The monoisotopic (exact) mass is 436 g/mol. The summed E-state index contributed by atoms with van der Waals surface area (Å²) in [5.41, 5.74) is 8.06. The third-order valence-electron chi connectivity index (χ3n) is 5.46. The van der Waals surface area contributed by atoms with Gasteiger partial charge in [0, 0.05) is 29.6 Å². The summed E-state index contributed by atoms with van der Waals surface area (Å²) in [6, 6.07) is 16.4. The summed E-state index contributed by atoms with van der Waals surface area (Å²) < 4.78 is 34.2. The Bertz CT molecular complexity index is 1410. The van der Waals surface area contributed by atoms with Crippen LogP contribution in [0.3, 0.4) is 0 Å². The number of amides is 1. The van der Waals surface area contributed by atoms with Crippen LogP contribution in [-0.4, -0.2) is 54.9 Å². The number of nitrogens with one attached hydrogen (secondary N) is 1. The summed E-state index contributed by atoms with van der Waals surface area (Å²) in [6.07, 6.45) is 0. The molecule has 3 N–H and O–H groups in total. The Morgan fingerprint density at radius 1 is 1.03 bits per heavy atom. The number of carbonyl (C=O) groups is 1. The number of hydrogen-bond acceptors (Lipinski definition) is 5. The number of ether oxygens (including phenoxy) is 1. The maximum absolute atomic E-state index is 13.8. The summed E-state index contributed by atoms with van der Waals surface area (Å²) in [6.45, 7) is 0.959. The van der Waals surface area contributed by atoms with Gasteiger partial charge in [0.2, 0.25) is 10.0 Å². The Labute approximate surface area is 178 Å². The average molecular weight is 436 g/mol. The van der Waals surface area contributed by atoms with Crippen molar-refractivity contribution in [3.63, 3.8) is 0 Å². The van der Waals surface area contributed by atoms with Crippen LogP contribution < -0.4 is 5.73 Å². The van der Waals surface area contributed by atoms with Gasteiger partial charge in [-0.3, -0.25) is 4.79 Å². The first-order valence-electron chi connectivity index (χ1n) is 9.86. The fourth-order valence-electron chi connectivity index (χ4n) is 4.01. The molecule has 1 fully saturated rings. The van der Waals surface area contributed by atoms with Crippen LogP contribution >= 0.6 is 0 Å². The Hall–Kier alpha value is -3.27. The van der Waals surface area contributed by atoms with Crippen LogP contribution in [0.4, 0.5) is 0 Å². The van der Waals surface area contributed by atoms with Crippen LogP contribution in [0.25, 0.3) is 33.2 Å². The summed E-state index contributed by atoms with van der Waals surface area (Å²) >= 11 is 0. The molecule has 1 aliphatic heterocycles. The second-order valence-electron chi connectivity index (χ2n) is 7.31. The molecule has 0 atom stereocenters. The Morgan fingerprint density at radius 2 is 1.71 bits per heavy atom. The van der Waals surface area contributed by atoms with Crippen molar-refractivity contribution in [2.24, 2.45) is 5.73 Å². The first-order chi connectivity index (χ1) is 15.0. The number of sulfonamides is 1. The van der Waals surface area contributed by atoms with Gasteiger partial charge in [0.25, 0.3) is 5.91 Å². The van der Waals surface area contributed by atoms with Gasteiger partial charge in [0.1, 0.15) is 4.90 Å². The lowest BCUT2D eigenvalue weighted by Gasteiger charge is -2.27. The van der Waals surface area contributed by atoms with E-state index in [-0.39, 0.29) is 42.5 Å². The molecule has 0 bridgehead atoms. The van der Waals surface area contributed by atoms with E-state index in [1.807, 2.05) is 30.3 Å². The number of fused-ring (bicyclic) bond motifs is 3. The Morgan fingerprint density at radius 3 is 2.42 bits per heavy atom. The van der Waals surface area contributed by atoms with E-state index in [2.05, 4.69) is 4.98 Å². The van der Waals surface area contributed by atoms with Crippen molar-refractivity contribution in [3.8, 4) is 11.3 Å². The summed E-state index contributed by atoms with van der Waals surface area (Å²) in [5.74, 6) is -0.831. The van der Waals surface area contributed by atoms with Gasteiger partial charge in [-0.15, -0.1) is 0 Å². The Kier molecular flexibility index (Phi) is 4.73. The van der Waals surface area contributed by atoms with Gasteiger partial charge in [0.05, 0.1) is 35.5 Å². The lowest BCUT2D eigenvalue weighted by Crippen LogP contribution is -2.41. The van der Waals surface area contributed by atoms with Crippen LogP contribution in [0.5, 0.6) is 0 Å². The number of rotatable bonds is 4. The van der Waals surface area contributed by atoms with Crippen LogP contribution in [0.1, 0.15) is 10.4 Å². The third-order valence-corrected chi connectivity index (χ3v) is 7.41. The molecule has 0 aliphatic carbocycles. The SMILES string of the molecule is NC(=O)c1c(S(=O)(=O)N2CCOCC2)c(-c2ccccc2)nc2c1[nH]c1ccccc12. The highest BCUT2D eigenvalue weighted by Crippen LogP contribution is 2.37. The van der Waals surface area contributed by atoms with Gasteiger partial charge >= 0.3 is 0 Å². The van der Waals surface area contributed by atoms with E-state index < -0.39 is 15.9 Å². The minimum absolute atomic E-state index is 0.0773. The smallest absolute Gasteiger partial charge is 0.252 e. The quantitative estimate of drug-likeness (QED) is 0.510. The number of H-pyrrole nitrogens is 1. The number of nitrogens with zero attached hydrogens (tertiary/aromatic N) is 2. The lowest BCUT2D eigenvalue weighted by molar-refractivity contribution is 0.0730. The van der Waals surface area contributed by atoms with Crippen molar-refractivity contribution >= 4 is 37.9 Å². The van der Waals surface area contributed by atoms with Crippen molar-refractivity contribution in [1.29, 1.82) is 0 Å². The van der Waals surface area contributed by atoms with Crippen molar-refractivity contribution in [1.82, 2.24) is 14.3 Å². The van der Waals surface area contributed by atoms with Gasteiger partial charge in [0.15, 0.2) is 0 Å². The molecule has 2 aromatic carbocycles. The van der Waals surface area contributed by atoms with E-state index in [9.17, 15) is 13.2 Å². The minimum Gasteiger partial charge on any atom is -0.379 e. The first kappa shape index (κ1) is 19.7. The van der Waals surface area contributed by atoms with Crippen LogP contribution in [-0.2, 0) is 14.8 Å². The van der Waals surface area contributed by atoms with Crippen molar-refractivity contribution in [2.45, 2.75) is 4.90 Å². The van der Waals surface area contributed by atoms with Crippen molar-refractivity contribution in [2.75, 3.05) is 26.3 Å². The maximum Gasteiger partial charge on any atom is 0.252 e. The molecule has 3 heterocycles. The number of aromatic amines is 1. The number of para-hydroxylation sites is 1. The van der Waals surface area contributed by atoms with Crippen LogP contribution in [0.15, 0.2) is 59.5 Å². The van der Waals surface area contributed by atoms with E-state index in [0.717, 1.165) is 10.9 Å². The zero-order chi connectivity index (χ0) is 21.6. The summed E-state index contributed by atoms with van der Waals surface area (Å²) in [4.78, 5) is 20.4. The summed E-state index contributed by atoms with van der Waals surface area (Å²) in [5, 5.41) is 0.785. The molecule has 31 heavy (non-hydrogen) atoms. The predicted molar refractivity (Wildman–Crippen MR) is 117 cm³/mol. The molecule has 4 aromatic rings. The molecule has 0 radical (unpaired) electrons. The molecule has 0 spiro atoms. The molecule has 158 valence electrons. The maximum atomic E-state index is 13.8. The number of morpholine rings is 1. The van der Waals surface area contributed by atoms with Gasteiger partial charge in [-0.1, -0.05) is 48.5 Å². The van der Waals surface area contributed by atoms with E-state index in [1.165, 1.54) is 4.31 Å². The Balaban J connectivity index is 1.93. The number of benzene rings is 2. The van der Waals surface area contributed by atoms with Crippen LogP contribution in [0, 0.1) is 0 Å². The number of aromatic nitrogens is 2. The van der Waals surface area contributed by atoms with Gasteiger partial charge in [-0.2, -0.15) is 4.31 Å². The fourth-order valence-corrected chi connectivity index (χ4v) is 5.77. The van der Waals surface area contributed by atoms with E-state index >= 15 is 0 Å². The second kappa shape index (κ2) is 7.45.